The molecular formula is C30H33NO6. The minimum Gasteiger partial charge on any atom is -0.493 e. The van der Waals surface area contributed by atoms with Crippen molar-refractivity contribution < 1.29 is 28.5 Å². The van der Waals surface area contributed by atoms with Gasteiger partial charge < -0.3 is 23.8 Å². The molecule has 1 amide bonds. The third kappa shape index (κ3) is 5.56. The fourth-order valence-corrected chi connectivity index (χ4v) is 4.57. The number of amides is 1. The Bertz CT molecular complexity index is 1280. The zero-order valence-corrected chi connectivity index (χ0v) is 22.0. The van der Waals surface area contributed by atoms with Crippen molar-refractivity contribution in [3.8, 4) is 17.2 Å². The highest BCUT2D eigenvalue weighted by molar-refractivity contribution is 5.95. The van der Waals surface area contributed by atoms with Crippen molar-refractivity contribution in [3.05, 3.63) is 88.0 Å². The highest BCUT2D eigenvalue weighted by Crippen LogP contribution is 2.39. The fourth-order valence-electron chi connectivity index (χ4n) is 4.57. The molecule has 0 radical (unpaired) electrons. The van der Waals surface area contributed by atoms with Gasteiger partial charge in [-0.05, 0) is 98.0 Å². The Kier molecular flexibility index (Phi) is 8.01. The molecule has 0 saturated carbocycles. The van der Waals surface area contributed by atoms with E-state index in [1.165, 1.54) is 0 Å². The molecule has 0 N–H and O–H groups in total. The molecule has 7 nitrogen and oxygen atoms in total. The average molecular weight is 504 g/mol. The first-order valence-corrected chi connectivity index (χ1v) is 12.4. The number of benzene rings is 3. The van der Waals surface area contributed by atoms with Crippen LogP contribution in [0.2, 0.25) is 0 Å². The lowest BCUT2D eigenvalue weighted by Gasteiger charge is -2.37. The Morgan fingerprint density at radius 2 is 1.57 bits per heavy atom. The summed E-state index contributed by atoms with van der Waals surface area (Å²) in [6, 6.07) is 16.2. The van der Waals surface area contributed by atoms with Crippen molar-refractivity contribution in [2.24, 2.45) is 0 Å². The van der Waals surface area contributed by atoms with Crippen LogP contribution < -0.4 is 14.2 Å². The van der Waals surface area contributed by atoms with E-state index >= 15 is 0 Å². The molecule has 7 heteroatoms. The van der Waals surface area contributed by atoms with Crippen LogP contribution in [0.15, 0.2) is 54.6 Å². The molecule has 0 aliphatic carbocycles. The number of nitrogens with zero attached hydrogens (tertiary/aromatic N) is 1. The van der Waals surface area contributed by atoms with Gasteiger partial charge in [0, 0.05) is 12.1 Å². The molecule has 194 valence electrons. The van der Waals surface area contributed by atoms with Crippen LogP contribution in [0.3, 0.4) is 0 Å². The second kappa shape index (κ2) is 11.4. The number of ether oxygens (including phenoxy) is 4. The molecule has 0 spiro atoms. The molecule has 1 unspecified atom stereocenters. The lowest BCUT2D eigenvalue weighted by Crippen LogP contribution is -2.42. The van der Waals surface area contributed by atoms with E-state index in [1.807, 2.05) is 49.1 Å². The SMILES string of the molecule is CCOC(=O)c1ccc(OCC2c3cc(OC)c(OC)cc3CCN2C(=O)c2ccc(C)c(C)c2)cc1. The summed E-state index contributed by atoms with van der Waals surface area (Å²) >= 11 is 0. The van der Waals surface area contributed by atoms with Crippen LogP contribution in [0.25, 0.3) is 0 Å². The summed E-state index contributed by atoms with van der Waals surface area (Å²) in [7, 11) is 3.21. The summed E-state index contributed by atoms with van der Waals surface area (Å²) in [6.45, 7) is 6.91. The molecule has 1 aliphatic rings. The predicted molar refractivity (Wildman–Crippen MR) is 141 cm³/mol. The maximum absolute atomic E-state index is 13.7. The number of hydrogen-bond acceptors (Lipinski definition) is 6. The molecule has 3 aromatic rings. The number of carbonyl (C=O) groups excluding carboxylic acids is 2. The van der Waals surface area contributed by atoms with Crippen molar-refractivity contribution in [2.45, 2.75) is 33.2 Å². The number of fused-ring (bicyclic) bond motifs is 1. The molecular weight excluding hydrogens is 470 g/mol. The quantitative estimate of drug-likeness (QED) is 0.388. The molecule has 3 aromatic carbocycles. The Hall–Kier alpha value is -4.00. The molecule has 0 fully saturated rings. The van der Waals surface area contributed by atoms with Gasteiger partial charge in [0.15, 0.2) is 11.5 Å². The second-order valence-corrected chi connectivity index (χ2v) is 9.03. The van der Waals surface area contributed by atoms with Crippen molar-refractivity contribution in [1.82, 2.24) is 4.90 Å². The van der Waals surface area contributed by atoms with Crippen molar-refractivity contribution >= 4 is 11.9 Å². The average Bonchev–Trinajstić information content (AvgIpc) is 2.92. The van der Waals surface area contributed by atoms with Crippen LogP contribution >= 0.6 is 0 Å². The normalized spacial score (nSPS) is 14.5. The number of methoxy groups -OCH3 is 2. The van der Waals surface area contributed by atoms with E-state index in [9.17, 15) is 9.59 Å². The first kappa shape index (κ1) is 26.1. The summed E-state index contributed by atoms with van der Waals surface area (Å²) in [5, 5.41) is 0. The van der Waals surface area contributed by atoms with Gasteiger partial charge in [-0.1, -0.05) is 6.07 Å². The summed E-state index contributed by atoms with van der Waals surface area (Å²) in [4.78, 5) is 27.6. The highest BCUT2D eigenvalue weighted by Gasteiger charge is 2.33. The van der Waals surface area contributed by atoms with E-state index in [0.717, 1.165) is 22.3 Å². The van der Waals surface area contributed by atoms with Gasteiger partial charge in [0.05, 0.1) is 32.4 Å². The van der Waals surface area contributed by atoms with Crippen LogP contribution in [-0.4, -0.2) is 50.8 Å². The van der Waals surface area contributed by atoms with Crippen molar-refractivity contribution in [1.29, 1.82) is 0 Å². The summed E-state index contributed by atoms with van der Waals surface area (Å²) in [6.07, 6.45) is 0.691. The number of aryl methyl sites for hydroxylation is 2. The molecule has 1 atom stereocenters. The van der Waals surface area contributed by atoms with E-state index in [0.29, 0.717) is 47.9 Å². The van der Waals surface area contributed by atoms with E-state index in [1.54, 1.807) is 45.4 Å². The topological polar surface area (TPSA) is 74.3 Å². The first-order valence-electron chi connectivity index (χ1n) is 12.4. The van der Waals surface area contributed by atoms with E-state index in [2.05, 4.69) is 0 Å². The Morgan fingerprint density at radius 3 is 2.22 bits per heavy atom. The zero-order chi connectivity index (χ0) is 26.5. The monoisotopic (exact) mass is 503 g/mol. The highest BCUT2D eigenvalue weighted by atomic mass is 16.5. The number of esters is 1. The van der Waals surface area contributed by atoms with Crippen molar-refractivity contribution in [2.75, 3.05) is 34.0 Å². The summed E-state index contributed by atoms with van der Waals surface area (Å²) < 4.78 is 22.3. The summed E-state index contributed by atoms with van der Waals surface area (Å²) in [5.41, 5.74) is 5.38. The second-order valence-electron chi connectivity index (χ2n) is 9.03. The molecule has 1 heterocycles. The molecule has 1 aliphatic heterocycles. The maximum Gasteiger partial charge on any atom is 0.338 e. The Labute approximate surface area is 217 Å². The smallest absolute Gasteiger partial charge is 0.338 e. The van der Waals surface area contributed by atoms with Gasteiger partial charge in [-0.2, -0.15) is 0 Å². The lowest BCUT2D eigenvalue weighted by molar-refractivity contribution is 0.0524. The minimum absolute atomic E-state index is 0.0465. The largest absolute Gasteiger partial charge is 0.493 e. The molecule has 37 heavy (non-hydrogen) atoms. The van der Waals surface area contributed by atoms with Gasteiger partial charge in [-0.15, -0.1) is 0 Å². The zero-order valence-electron chi connectivity index (χ0n) is 22.0. The van der Waals surface area contributed by atoms with Crippen LogP contribution in [0.4, 0.5) is 0 Å². The van der Waals surface area contributed by atoms with Gasteiger partial charge in [-0.3, -0.25) is 4.79 Å². The van der Waals surface area contributed by atoms with E-state index in [4.69, 9.17) is 18.9 Å². The molecule has 0 saturated heterocycles. The van der Waals surface area contributed by atoms with Crippen molar-refractivity contribution in [3.63, 3.8) is 0 Å². The van der Waals surface area contributed by atoms with Gasteiger partial charge in [0.1, 0.15) is 12.4 Å². The molecule has 4 rings (SSSR count). The third-order valence-corrected chi connectivity index (χ3v) is 6.79. The minimum atomic E-state index is -0.374. The van der Waals surface area contributed by atoms with Gasteiger partial charge in [0.25, 0.3) is 5.91 Å². The van der Waals surface area contributed by atoms with Gasteiger partial charge in [0.2, 0.25) is 0 Å². The molecule has 0 aromatic heterocycles. The van der Waals surface area contributed by atoms with Crippen LogP contribution in [0.1, 0.15) is 55.9 Å². The van der Waals surface area contributed by atoms with Crippen LogP contribution in [0, 0.1) is 13.8 Å². The number of hydrogen-bond donors (Lipinski definition) is 0. The maximum atomic E-state index is 13.7. The standard InChI is InChI=1S/C30H33NO6/c1-6-36-30(33)21-9-11-24(12-10-21)37-18-26-25-17-28(35-5)27(34-4)16-22(25)13-14-31(26)29(32)23-8-7-19(2)20(3)15-23/h7-12,15-17,26H,6,13-14,18H2,1-5H3. The van der Waals surface area contributed by atoms with Crippen LogP contribution in [0.5, 0.6) is 17.2 Å². The summed E-state index contributed by atoms with van der Waals surface area (Å²) in [5.74, 6) is 1.44. The lowest BCUT2D eigenvalue weighted by atomic mass is 9.91. The van der Waals surface area contributed by atoms with Gasteiger partial charge in [-0.25, -0.2) is 4.79 Å². The predicted octanol–water partition coefficient (Wildman–Crippen LogP) is 5.32. The third-order valence-electron chi connectivity index (χ3n) is 6.79. The number of carbonyl (C=O) groups is 2. The van der Waals surface area contributed by atoms with E-state index < -0.39 is 0 Å². The molecule has 0 bridgehead atoms. The fraction of sp³-hybridized carbons (Fsp3) is 0.333. The first-order chi connectivity index (χ1) is 17.9. The Morgan fingerprint density at radius 1 is 0.892 bits per heavy atom. The number of rotatable bonds is 8. The van der Waals surface area contributed by atoms with Gasteiger partial charge >= 0.3 is 5.97 Å². The van der Waals surface area contributed by atoms with Crippen LogP contribution in [-0.2, 0) is 11.2 Å². The Balaban J connectivity index is 1.65. The van der Waals surface area contributed by atoms with E-state index in [-0.39, 0.29) is 24.5 Å².